The van der Waals surface area contributed by atoms with Crippen molar-refractivity contribution >= 4 is 21.8 Å². The number of fused-ring (bicyclic) bond motifs is 3. The molecule has 0 saturated carbocycles. The summed E-state index contributed by atoms with van der Waals surface area (Å²) in [5.41, 5.74) is 1.47. The fraction of sp³-hybridized carbons (Fsp3) is 0.250. The van der Waals surface area contributed by atoms with Gasteiger partial charge in [0.05, 0.1) is 5.56 Å². The zero-order valence-corrected chi connectivity index (χ0v) is 11.3. The van der Waals surface area contributed by atoms with E-state index in [1.54, 1.807) is 0 Å². The highest BCUT2D eigenvalue weighted by Crippen LogP contribution is 2.31. The van der Waals surface area contributed by atoms with Crippen molar-refractivity contribution in [3.8, 4) is 6.07 Å². The average molecular weight is 249 g/mol. The molecule has 19 heavy (non-hydrogen) atoms. The summed E-state index contributed by atoms with van der Waals surface area (Å²) < 4.78 is 2.08. The number of benzene rings is 1. The molecule has 0 bridgehead atoms. The monoisotopic (exact) mass is 249 g/mol. The van der Waals surface area contributed by atoms with Gasteiger partial charge in [-0.1, -0.05) is 24.3 Å². The molecule has 94 valence electrons. The molecule has 0 aliphatic rings. The van der Waals surface area contributed by atoms with Crippen LogP contribution in [0.5, 0.6) is 0 Å². The van der Waals surface area contributed by atoms with Gasteiger partial charge >= 0.3 is 0 Å². The van der Waals surface area contributed by atoms with E-state index in [0.29, 0.717) is 5.56 Å². The second-order valence-electron chi connectivity index (χ2n) is 5.74. The van der Waals surface area contributed by atoms with Gasteiger partial charge < -0.3 is 4.57 Å². The molecule has 0 atom stereocenters. The molecule has 3 aromatic rings. The highest BCUT2D eigenvalue weighted by atomic mass is 15.1. The van der Waals surface area contributed by atoms with Crippen molar-refractivity contribution in [1.82, 2.24) is 9.55 Å². The van der Waals surface area contributed by atoms with E-state index in [-0.39, 0.29) is 5.54 Å². The molecular formula is C16H15N3. The molecule has 3 rings (SSSR count). The van der Waals surface area contributed by atoms with Crippen LogP contribution in [0.4, 0.5) is 0 Å². The summed E-state index contributed by atoms with van der Waals surface area (Å²) in [5, 5.41) is 12.5. The van der Waals surface area contributed by atoms with Gasteiger partial charge in [0.25, 0.3) is 0 Å². The van der Waals surface area contributed by atoms with Gasteiger partial charge in [0.1, 0.15) is 11.7 Å². The summed E-state index contributed by atoms with van der Waals surface area (Å²) >= 11 is 0. The van der Waals surface area contributed by atoms with Crippen LogP contribution in [0.25, 0.3) is 21.8 Å². The lowest BCUT2D eigenvalue weighted by atomic mass is 10.1. The summed E-state index contributed by atoms with van der Waals surface area (Å²) in [4.78, 5) is 4.56. The Balaban J connectivity index is 2.54. The Morgan fingerprint density at radius 1 is 1.21 bits per heavy atom. The standard InChI is InChI=1S/C16H15N3/c1-16(2,3)19-10-12(8-17)14-13-7-5-4-6-11(13)9-18-15(14)19/h4-7,9-10H,1-3H3. The van der Waals surface area contributed by atoms with E-state index in [0.717, 1.165) is 21.8 Å². The number of hydrogen-bond donors (Lipinski definition) is 0. The molecule has 1 aromatic carbocycles. The van der Waals surface area contributed by atoms with Crippen molar-refractivity contribution in [2.75, 3.05) is 0 Å². The van der Waals surface area contributed by atoms with Crippen LogP contribution < -0.4 is 0 Å². The van der Waals surface area contributed by atoms with E-state index in [1.165, 1.54) is 0 Å². The van der Waals surface area contributed by atoms with Crippen LogP contribution in [0.2, 0.25) is 0 Å². The highest BCUT2D eigenvalue weighted by molar-refractivity contribution is 6.07. The minimum Gasteiger partial charge on any atom is -0.326 e. The van der Waals surface area contributed by atoms with E-state index < -0.39 is 0 Å². The topological polar surface area (TPSA) is 41.6 Å². The Kier molecular flexibility index (Phi) is 2.36. The first-order valence-corrected chi connectivity index (χ1v) is 6.32. The average Bonchev–Trinajstić information content (AvgIpc) is 2.77. The van der Waals surface area contributed by atoms with E-state index in [9.17, 15) is 5.26 Å². The molecule has 0 unspecified atom stereocenters. The smallest absolute Gasteiger partial charge is 0.142 e. The van der Waals surface area contributed by atoms with Crippen molar-refractivity contribution in [3.05, 3.63) is 42.2 Å². The Morgan fingerprint density at radius 3 is 2.63 bits per heavy atom. The molecule has 0 aliphatic carbocycles. The first-order valence-electron chi connectivity index (χ1n) is 6.32. The summed E-state index contributed by atoms with van der Waals surface area (Å²) in [5.74, 6) is 0. The number of nitrogens with zero attached hydrogens (tertiary/aromatic N) is 3. The van der Waals surface area contributed by atoms with Crippen molar-refractivity contribution in [2.24, 2.45) is 0 Å². The maximum atomic E-state index is 9.38. The van der Waals surface area contributed by atoms with Gasteiger partial charge in [-0.15, -0.1) is 0 Å². The Morgan fingerprint density at radius 2 is 1.95 bits per heavy atom. The number of hydrogen-bond acceptors (Lipinski definition) is 2. The van der Waals surface area contributed by atoms with Crippen molar-refractivity contribution in [1.29, 1.82) is 5.26 Å². The van der Waals surface area contributed by atoms with Crippen LogP contribution in [0, 0.1) is 11.3 Å². The summed E-state index contributed by atoms with van der Waals surface area (Å²) in [6, 6.07) is 10.4. The zero-order chi connectivity index (χ0) is 13.6. The van der Waals surface area contributed by atoms with Gasteiger partial charge in [0.2, 0.25) is 0 Å². The number of nitriles is 1. The van der Waals surface area contributed by atoms with Crippen molar-refractivity contribution in [3.63, 3.8) is 0 Å². The third kappa shape index (κ3) is 1.68. The van der Waals surface area contributed by atoms with E-state index >= 15 is 0 Å². The Hall–Kier alpha value is -2.34. The Labute approximate surface area is 112 Å². The first-order chi connectivity index (χ1) is 9.02. The molecule has 0 saturated heterocycles. The fourth-order valence-corrected chi connectivity index (χ4v) is 2.45. The number of rotatable bonds is 0. The minimum atomic E-state index is -0.0944. The number of aromatic nitrogens is 2. The molecule has 0 aliphatic heterocycles. The summed E-state index contributed by atoms with van der Waals surface area (Å²) in [6.07, 6.45) is 3.78. The molecule has 3 heteroatoms. The highest BCUT2D eigenvalue weighted by Gasteiger charge is 2.20. The predicted octanol–water partition coefficient (Wildman–Crippen LogP) is 3.82. The lowest BCUT2D eigenvalue weighted by Crippen LogP contribution is -2.20. The van der Waals surface area contributed by atoms with Gasteiger partial charge in [0, 0.05) is 28.7 Å². The SMILES string of the molecule is CC(C)(C)n1cc(C#N)c2c3ccccc3cnc21. The minimum absolute atomic E-state index is 0.0944. The van der Waals surface area contributed by atoms with E-state index in [2.05, 4.69) is 36.4 Å². The summed E-state index contributed by atoms with van der Waals surface area (Å²) in [7, 11) is 0. The second kappa shape index (κ2) is 3.83. The second-order valence-corrected chi connectivity index (χ2v) is 5.74. The maximum Gasteiger partial charge on any atom is 0.142 e. The lowest BCUT2D eigenvalue weighted by molar-refractivity contribution is 0.408. The molecule has 2 heterocycles. The van der Waals surface area contributed by atoms with Crippen molar-refractivity contribution < 1.29 is 0 Å². The predicted molar refractivity (Wildman–Crippen MR) is 77.0 cm³/mol. The zero-order valence-electron chi connectivity index (χ0n) is 11.3. The molecular weight excluding hydrogens is 234 g/mol. The largest absolute Gasteiger partial charge is 0.326 e. The molecule has 3 nitrogen and oxygen atoms in total. The third-order valence-electron chi connectivity index (χ3n) is 3.38. The molecule has 0 fully saturated rings. The van der Waals surface area contributed by atoms with Crippen LogP contribution in [0.3, 0.4) is 0 Å². The molecule has 0 amide bonds. The molecule has 0 spiro atoms. The fourth-order valence-electron chi connectivity index (χ4n) is 2.45. The summed E-state index contributed by atoms with van der Waals surface area (Å²) in [6.45, 7) is 6.35. The Bertz CT molecular complexity index is 813. The quantitative estimate of drug-likeness (QED) is 0.607. The normalized spacial score (nSPS) is 11.9. The van der Waals surface area contributed by atoms with Crippen molar-refractivity contribution in [2.45, 2.75) is 26.3 Å². The van der Waals surface area contributed by atoms with Gasteiger partial charge in [-0.25, -0.2) is 4.98 Å². The number of pyridine rings is 1. The molecule has 0 N–H and O–H groups in total. The van der Waals surface area contributed by atoms with Gasteiger partial charge in [-0.2, -0.15) is 5.26 Å². The first kappa shape index (κ1) is 11.7. The molecule has 2 aromatic heterocycles. The van der Waals surface area contributed by atoms with Crippen LogP contribution in [0.1, 0.15) is 26.3 Å². The maximum absolute atomic E-state index is 9.38. The van der Waals surface area contributed by atoms with Crippen LogP contribution in [-0.4, -0.2) is 9.55 Å². The van der Waals surface area contributed by atoms with Gasteiger partial charge in [-0.3, -0.25) is 0 Å². The third-order valence-corrected chi connectivity index (χ3v) is 3.38. The van der Waals surface area contributed by atoms with Crippen LogP contribution >= 0.6 is 0 Å². The van der Waals surface area contributed by atoms with Crippen LogP contribution in [-0.2, 0) is 5.54 Å². The van der Waals surface area contributed by atoms with E-state index in [1.807, 2.05) is 36.7 Å². The van der Waals surface area contributed by atoms with E-state index in [4.69, 9.17) is 0 Å². The lowest BCUT2D eigenvalue weighted by Gasteiger charge is -2.21. The van der Waals surface area contributed by atoms with Gasteiger partial charge in [0.15, 0.2) is 0 Å². The van der Waals surface area contributed by atoms with Crippen LogP contribution in [0.15, 0.2) is 36.7 Å². The molecule has 0 radical (unpaired) electrons. The van der Waals surface area contributed by atoms with Gasteiger partial charge in [-0.05, 0) is 26.2 Å².